The zero-order chi connectivity index (χ0) is 8.27. The summed E-state index contributed by atoms with van der Waals surface area (Å²) in [6, 6.07) is 3.53. The van der Waals surface area contributed by atoms with E-state index in [9.17, 15) is 4.79 Å². The lowest BCUT2D eigenvalue weighted by Crippen LogP contribution is -2.14. The second-order valence-corrected chi connectivity index (χ2v) is 2.22. The van der Waals surface area contributed by atoms with Crippen molar-refractivity contribution in [2.75, 3.05) is 0 Å². The number of amides is 1. The molecule has 0 fully saturated rings. The molecule has 2 N–H and O–H groups in total. The summed E-state index contributed by atoms with van der Waals surface area (Å²) in [6.07, 6.45) is 1.94. The fraction of sp³-hybridized carbons (Fsp3) is 0.125. The van der Waals surface area contributed by atoms with E-state index in [2.05, 4.69) is 6.58 Å². The number of hydrogen-bond acceptors (Lipinski definition) is 2. The molecular weight excluding hydrogens is 142 g/mol. The third-order valence-electron chi connectivity index (χ3n) is 1.32. The van der Waals surface area contributed by atoms with Crippen molar-refractivity contribution in [1.29, 1.82) is 0 Å². The summed E-state index contributed by atoms with van der Waals surface area (Å²) in [7, 11) is 0. The van der Waals surface area contributed by atoms with Gasteiger partial charge in [0.1, 0.15) is 5.76 Å². The van der Waals surface area contributed by atoms with Crippen molar-refractivity contribution in [3.63, 3.8) is 0 Å². The molecule has 0 unspecified atom stereocenters. The van der Waals surface area contributed by atoms with Gasteiger partial charge in [-0.2, -0.15) is 0 Å². The molecule has 0 aromatic carbocycles. The zero-order valence-corrected chi connectivity index (χ0v) is 6.04. The molecule has 0 spiro atoms. The van der Waals surface area contributed by atoms with Gasteiger partial charge in [-0.05, 0) is 12.1 Å². The summed E-state index contributed by atoms with van der Waals surface area (Å²) in [6.45, 7) is 3.49. The summed E-state index contributed by atoms with van der Waals surface area (Å²) in [5.74, 6) is 0.218. The molecule has 1 heterocycles. The average molecular weight is 151 g/mol. The molecule has 3 nitrogen and oxygen atoms in total. The van der Waals surface area contributed by atoms with Crippen LogP contribution in [0, 0.1) is 0 Å². The average Bonchev–Trinajstić information content (AvgIpc) is 2.39. The molecular formula is C8H9NO2. The molecule has 0 saturated carbocycles. The highest BCUT2D eigenvalue weighted by atomic mass is 16.3. The molecule has 58 valence electrons. The molecule has 3 heteroatoms. The fourth-order valence-corrected chi connectivity index (χ4v) is 0.711. The summed E-state index contributed by atoms with van der Waals surface area (Å²) >= 11 is 0. The van der Waals surface area contributed by atoms with Gasteiger partial charge in [-0.3, -0.25) is 4.79 Å². The minimum Gasteiger partial charge on any atom is -0.469 e. The molecule has 1 aromatic rings. The van der Waals surface area contributed by atoms with E-state index in [0.29, 0.717) is 17.8 Å². The Labute approximate surface area is 64.5 Å². The van der Waals surface area contributed by atoms with Gasteiger partial charge in [0.05, 0.1) is 6.26 Å². The molecule has 0 saturated heterocycles. The van der Waals surface area contributed by atoms with Gasteiger partial charge in [-0.15, -0.1) is 0 Å². The van der Waals surface area contributed by atoms with Crippen LogP contribution in [0.3, 0.4) is 0 Å². The quantitative estimate of drug-likeness (QED) is 0.651. The molecule has 0 aliphatic rings. The van der Waals surface area contributed by atoms with E-state index in [0.717, 1.165) is 0 Å². The van der Waals surface area contributed by atoms with Crippen LogP contribution >= 0.6 is 0 Å². The van der Waals surface area contributed by atoms with Crippen LogP contribution < -0.4 is 5.73 Å². The van der Waals surface area contributed by atoms with Gasteiger partial charge in [-0.1, -0.05) is 6.58 Å². The number of rotatable bonds is 3. The molecule has 1 aromatic heterocycles. The minimum atomic E-state index is -0.485. The van der Waals surface area contributed by atoms with Crippen LogP contribution in [0.1, 0.15) is 5.76 Å². The summed E-state index contributed by atoms with van der Waals surface area (Å²) in [5.41, 5.74) is 5.33. The first-order valence-corrected chi connectivity index (χ1v) is 3.20. The Bertz CT molecular complexity index is 262. The van der Waals surface area contributed by atoms with Gasteiger partial charge in [-0.25, -0.2) is 0 Å². The largest absolute Gasteiger partial charge is 0.469 e. The van der Waals surface area contributed by atoms with E-state index in [4.69, 9.17) is 10.2 Å². The second-order valence-electron chi connectivity index (χ2n) is 2.22. The van der Waals surface area contributed by atoms with Gasteiger partial charge < -0.3 is 10.2 Å². The van der Waals surface area contributed by atoms with Crippen LogP contribution in [0.2, 0.25) is 0 Å². The van der Waals surface area contributed by atoms with E-state index in [1.54, 1.807) is 18.4 Å². The van der Waals surface area contributed by atoms with Gasteiger partial charge in [0.15, 0.2) is 0 Å². The Kier molecular flexibility index (Phi) is 2.11. The molecule has 0 aliphatic carbocycles. The highest BCUT2D eigenvalue weighted by Gasteiger charge is 2.03. The van der Waals surface area contributed by atoms with E-state index < -0.39 is 5.91 Å². The lowest BCUT2D eigenvalue weighted by Gasteiger charge is -1.95. The van der Waals surface area contributed by atoms with Crippen LogP contribution in [0.4, 0.5) is 0 Å². The number of carbonyl (C=O) groups is 1. The normalized spacial score (nSPS) is 9.45. The van der Waals surface area contributed by atoms with E-state index in [-0.39, 0.29) is 0 Å². The van der Waals surface area contributed by atoms with E-state index in [1.807, 2.05) is 0 Å². The number of primary amides is 1. The monoisotopic (exact) mass is 151 g/mol. The fourth-order valence-electron chi connectivity index (χ4n) is 0.711. The smallest absolute Gasteiger partial charge is 0.244 e. The third kappa shape index (κ3) is 1.97. The van der Waals surface area contributed by atoms with Gasteiger partial charge >= 0.3 is 0 Å². The summed E-state index contributed by atoms with van der Waals surface area (Å²) < 4.78 is 4.99. The maximum Gasteiger partial charge on any atom is 0.244 e. The number of carbonyl (C=O) groups excluding carboxylic acids is 1. The van der Waals surface area contributed by atoms with Gasteiger partial charge in [0, 0.05) is 12.0 Å². The predicted molar refractivity (Wildman–Crippen MR) is 40.7 cm³/mol. The van der Waals surface area contributed by atoms with Crippen molar-refractivity contribution in [2.24, 2.45) is 5.73 Å². The topological polar surface area (TPSA) is 56.2 Å². The summed E-state index contributed by atoms with van der Waals surface area (Å²) in [4.78, 5) is 10.5. The first-order valence-electron chi connectivity index (χ1n) is 3.20. The molecule has 1 rings (SSSR count). The number of furan rings is 1. The molecule has 1 amide bonds. The van der Waals surface area contributed by atoms with E-state index >= 15 is 0 Å². The minimum absolute atomic E-state index is 0.361. The maximum atomic E-state index is 10.5. The van der Waals surface area contributed by atoms with Crippen LogP contribution in [0.15, 0.2) is 35.0 Å². The molecule has 0 bridgehead atoms. The first kappa shape index (κ1) is 7.60. The molecule has 11 heavy (non-hydrogen) atoms. The lowest BCUT2D eigenvalue weighted by molar-refractivity contribution is -0.114. The molecule has 0 aliphatic heterocycles. The van der Waals surface area contributed by atoms with Crippen LogP contribution in [-0.2, 0) is 11.2 Å². The van der Waals surface area contributed by atoms with Gasteiger partial charge in [0.25, 0.3) is 0 Å². The number of nitrogens with two attached hydrogens (primary N) is 1. The highest BCUT2D eigenvalue weighted by molar-refractivity contribution is 5.91. The van der Waals surface area contributed by atoms with Crippen LogP contribution in [0.5, 0.6) is 0 Å². The second kappa shape index (κ2) is 3.05. The first-order chi connectivity index (χ1) is 5.20. The summed E-state index contributed by atoms with van der Waals surface area (Å²) in [5, 5.41) is 0. The number of hydrogen-bond donors (Lipinski definition) is 1. The van der Waals surface area contributed by atoms with Crippen molar-refractivity contribution < 1.29 is 9.21 Å². The van der Waals surface area contributed by atoms with Crippen molar-refractivity contribution in [3.8, 4) is 0 Å². The maximum absolute atomic E-state index is 10.5. The molecule has 0 atom stereocenters. The Morgan fingerprint density at radius 1 is 1.73 bits per heavy atom. The third-order valence-corrected chi connectivity index (χ3v) is 1.32. The van der Waals surface area contributed by atoms with Crippen molar-refractivity contribution in [3.05, 3.63) is 36.3 Å². The Hall–Kier alpha value is -1.51. The zero-order valence-electron chi connectivity index (χ0n) is 6.04. The standard InChI is InChI=1S/C8H9NO2/c1-6(8(9)10)5-7-3-2-4-11-7/h2-4H,1,5H2,(H2,9,10). The Balaban J connectivity index is 2.57. The van der Waals surface area contributed by atoms with Crippen LogP contribution in [0.25, 0.3) is 0 Å². The van der Waals surface area contributed by atoms with E-state index in [1.165, 1.54) is 0 Å². The highest BCUT2D eigenvalue weighted by Crippen LogP contribution is 2.05. The Morgan fingerprint density at radius 2 is 2.45 bits per heavy atom. The van der Waals surface area contributed by atoms with Crippen LogP contribution in [-0.4, -0.2) is 5.91 Å². The predicted octanol–water partition coefficient (Wildman–Crippen LogP) is 0.864. The lowest BCUT2D eigenvalue weighted by atomic mass is 10.2. The van der Waals surface area contributed by atoms with Gasteiger partial charge in [0.2, 0.25) is 5.91 Å². The van der Waals surface area contributed by atoms with Crippen molar-refractivity contribution in [2.45, 2.75) is 6.42 Å². The SMILES string of the molecule is C=C(Cc1ccco1)C(N)=O. The molecule has 0 radical (unpaired) electrons. The van der Waals surface area contributed by atoms with Crippen molar-refractivity contribution >= 4 is 5.91 Å². The van der Waals surface area contributed by atoms with Crippen molar-refractivity contribution in [1.82, 2.24) is 0 Å². The Morgan fingerprint density at radius 3 is 2.91 bits per heavy atom.